The third-order valence-corrected chi connectivity index (χ3v) is 14.5. The number of hydrogen-bond donors (Lipinski definition) is 0. The first kappa shape index (κ1) is 17.0. The van der Waals surface area contributed by atoms with Crippen LogP contribution in [0.4, 0.5) is 0 Å². The van der Waals surface area contributed by atoms with Crippen molar-refractivity contribution in [2.24, 2.45) is 0 Å². The maximum absolute atomic E-state index is 5.68. The van der Waals surface area contributed by atoms with Crippen LogP contribution in [0.1, 0.15) is 6.42 Å². The van der Waals surface area contributed by atoms with Crippen molar-refractivity contribution < 1.29 is 0 Å². The van der Waals surface area contributed by atoms with Crippen LogP contribution in [-0.2, 0) is 0 Å². The molecule has 0 nitrogen and oxygen atoms in total. The van der Waals surface area contributed by atoms with E-state index in [1.165, 1.54) is 15.9 Å². The fourth-order valence-corrected chi connectivity index (χ4v) is 10.6. The number of terminal acetylenes is 1. The third kappa shape index (κ3) is 2.71. The predicted molar refractivity (Wildman–Crippen MR) is 112 cm³/mol. The Morgan fingerprint density at radius 3 is 1.29 bits per heavy atom. The van der Waals surface area contributed by atoms with Gasteiger partial charge in [-0.2, -0.15) is 0 Å². The quantitative estimate of drug-likeness (QED) is 0.428. The van der Waals surface area contributed by atoms with Gasteiger partial charge in [-0.25, -0.2) is 0 Å². The summed E-state index contributed by atoms with van der Waals surface area (Å²) in [7, 11) is 0. The second-order valence-electron chi connectivity index (χ2n) is 5.87. The van der Waals surface area contributed by atoms with Crippen LogP contribution in [0.25, 0.3) is 0 Å². The van der Waals surface area contributed by atoms with Crippen molar-refractivity contribution in [3.05, 3.63) is 91.0 Å². The maximum atomic E-state index is 5.68. The molecular formula is C22H20BrP. The first-order valence-corrected chi connectivity index (χ1v) is 12.5. The van der Waals surface area contributed by atoms with Crippen molar-refractivity contribution in [1.29, 1.82) is 0 Å². The second-order valence-corrected chi connectivity index (χ2v) is 14.9. The number of halogens is 1. The zero-order valence-corrected chi connectivity index (χ0v) is 16.0. The normalized spacial score (nSPS) is 12.8. The molecule has 2 heteroatoms. The SMILES string of the molecule is C#CCCP(Br)(c1ccccc1)(c1ccccc1)c1ccccc1. The first-order valence-electron chi connectivity index (χ1n) is 8.03. The Balaban J connectivity index is 2.40. The summed E-state index contributed by atoms with van der Waals surface area (Å²) in [6, 6.07) is 32.2. The van der Waals surface area contributed by atoms with Gasteiger partial charge < -0.3 is 0 Å². The van der Waals surface area contributed by atoms with Gasteiger partial charge in [0.25, 0.3) is 0 Å². The summed E-state index contributed by atoms with van der Waals surface area (Å²) in [5, 5.41) is 1.17. The average Bonchev–Trinajstić information content (AvgIpc) is 2.68. The summed E-state index contributed by atoms with van der Waals surface area (Å²) in [6.45, 7) is 0. The molecular weight excluding hydrogens is 375 g/mol. The van der Waals surface area contributed by atoms with Gasteiger partial charge in [-0.3, -0.25) is 0 Å². The van der Waals surface area contributed by atoms with Gasteiger partial charge in [0.1, 0.15) is 0 Å². The molecule has 0 aliphatic rings. The van der Waals surface area contributed by atoms with Gasteiger partial charge in [0.05, 0.1) is 0 Å². The van der Waals surface area contributed by atoms with Crippen LogP contribution >= 0.6 is 20.8 Å². The summed E-state index contributed by atoms with van der Waals surface area (Å²) >= 11 is 4.35. The Hall–Kier alpha value is -1.87. The van der Waals surface area contributed by atoms with Crippen molar-refractivity contribution in [2.45, 2.75) is 6.42 Å². The van der Waals surface area contributed by atoms with E-state index < -0.39 is 5.31 Å². The predicted octanol–water partition coefficient (Wildman–Crippen LogP) is 4.85. The summed E-state index contributed by atoms with van der Waals surface area (Å²) < 4.78 is 0. The van der Waals surface area contributed by atoms with Gasteiger partial charge >= 0.3 is 153 Å². The molecule has 0 saturated heterocycles. The minimum absolute atomic E-state index is 0.724. The second kappa shape index (κ2) is 6.94. The van der Waals surface area contributed by atoms with Gasteiger partial charge in [-0.15, -0.1) is 0 Å². The molecule has 3 aromatic rings. The molecule has 0 fully saturated rings. The molecule has 0 aromatic heterocycles. The molecule has 0 unspecified atom stereocenters. The van der Waals surface area contributed by atoms with Crippen LogP contribution in [0.3, 0.4) is 0 Å². The Morgan fingerprint density at radius 1 is 0.667 bits per heavy atom. The van der Waals surface area contributed by atoms with E-state index in [4.69, 9.17) is 6.42 Å². The molecule has 0 aliphatic heterocycles. The van der Waals surface area contributed by atoms with E-state index >= 15 is 0 Å². The number of rotatable bonds is 5. The molecule has 3 aromatic carbocycles. The minimum atomic E-state index is -2.78. The Morgan fingerprint density at radius 2 is 1.00 bits per heavy atom. The summed E-state index contributed by atoms with van der Waals surface area (Å²) in [6.07, 6.45) is 7.31. The standard InChI is InChI=1S/C22H20BrP/c1-2-3-19-24(23,20-13-7-4-8-14-20,21-15-9-5-10-16-21)22-17-11-6-12-18-22/h1,4-18H,3,19H2. The molecule has 120 valence electrons. The van der Waals surface area contributed by atoms with Gasteiger partial charge in [-0.1, -0.05) is 0 Å². The van der Waals surface area contributed by atoms with E-state index in [1.807, 2.05) is 0 Å². The molecule has 0 atom stereocenters. The topological polar surface area (TPSA) is 0 Å². The molecule has 0 aliphatic carbocycles. The van der Waals surface area contributed by atoms with Crippen LogP contribution in [0, 0.1) is 12.3 Å². The Labute approximate surface area is 152 Å². The molecule has 0 radical (unpaired) electrons. The van der Waals surface area contributed by atoms with E-state index in [9.17, 15) is 0 Å². The number of hydrogen-bond acceptors (Lipinski definition) is 0. The molecule has 0 saturated carbocycles. The average molecular weight is 395 g/mol. The van der Waals surface area contributed by atoms with Gasteiger partial charge in [-0.05, 0) is 0 Å². The Kier molecular flexibility index (Phi) is 4.91. The molecule has 0 spiro atoms. The fraction of sp³-hybridized carbons (Fsp3) is 0.0909. The zero-order chi connectivity index (χ0) is 16.9. The molecule has 0 bridgehead atoms. The van der Waals surface area contributed by atoms with Gasteiger partial charge in [0.2, 0.25) is 0 Å². The van der Waals surface area contributed by atoms with Crippen LogP contribution in [0.15, 0.2) is 91.0 Å². The van der Waals surface area contributed by atoms with Crippen molar-refractivity contribution in [2.75, 3.05) is 6.16 Å². The van der Waals surface area contributed by atoms with E-state index in [1.54, 1.807) is 0 Å². The molecule has 0 amide bonds. The van der Waals surface area contributed by atoms with Crippen molar-refractivity contribution in [1.82, 2.24) is 0 Å². The van der Waals surface area contributed by atoms with E-state index in [0.717, 1.165) is 12.6 Å². The fourth-order valence-electron chi connectivity index (χ4n) is 3.33. The third-order valence-electron chi connectivity index (χ3n) is 4.56. The Bertz CT molecular complexity index is 736. The summed E-state index contributed by atoms with van der Waals surface area (Å²) in [5.74, 6) is 2.86. The van der Waals surface area contributed by atoms with E-state index in [0.29, 0.717) is 0 Å². The molecule has 24 heavy (non-hydrogen) atoms. The van der Waals surface area contributed by atoms with Crippen molar-refractivity contribution in [3.8, 4) is 12.3 Å². The van der Waals surface area contributed by atoms with Crippen LogP contribution in [-0.4, -0.2) is 6.16 Å². The van der Waals surface area contributed by atoms with Gasteiger partial charge in [0, 0.05) is 0 Å². The molecule has 0 heterocycles. The first-order chi connectivity index (χ1) is 11.7. The van der Waals surface area contributed by atoms with Gasteiger partial charge in [0.15, 0.2) is 0 Å². The van der Waals surface area contributed by atoms with Crippen LogP contribution < -0.4 is 15.9 Å². The van der Waals surface area contributed by atoms with Crippen LogP contribution in [0.5, 0.6) is 0 Å². The van der Waals surface area contributed by atoms with Crippen molar-refractivity contribution in [3.63, 3.8) is 0 Å². The van der Waals surface area contributed by atoms with Crippen LogP contribution in [0.2, 0.25) is 0 Å². The zero-order valence-electron chi connectivity index (χ0n) is 13.5. The van der Waals surface area contributed by atoms with E-state index in [2.05, 4.69) is 112 Å². The molecule has 0 N–H and O–H groups in total. The van der Waals surface area contributed by atoms with Crippen molar-refractivity contribution >= 4 is 36.7 Å². The monoisotopic (exact) mass is 394 g/mol. The molecule has 3 rings (SSSR count). The summed E-state index contributed by atoms with van der Waals surface area (Å²) in [4.78, 5) is 0. The summed E-state index contributed by atoms with van der Waals surface area (Å²) in [5.41, 5.74) is 0. The van der Waals surface area contributed by atoms with E-state index in [-0.39, 0.29) is 0 Å². The number of benzene rings is 3.